The van der Waals surface area contributed by atoms with Gasteiger partial charge in [0.15, 0.2) is 0 Å². The van der Waals surface area contributed by atoms with Gasteiger partial charge in [-0.1, -0.05) is 46.5 Å². The summed E-state index contributed by atoms with van der Waals surface area (Å²) in [6, 6.07) is 0. The Balaban J connectivity index is 2.61. The summed E-state index contributed by atoms with van der Waals surface area (Å²) in [5, 5.41) is 3.63. The van der Waals surface area contributed by atoms with Crippen LogP contribution in [0.3, 0.4) is 0 Å². The van der Waals surface area contributed by atoms with Crippen LogP contribution in [0.1, 0.15) is 65.7 Å². The molecule has 0 unspecified atom stereocenters. The van der Waals surface area contributed by atoms with E-state index in [1.165, 1.54) is 71.1 Å². The topological polar surface area (TPSA) is 15.3 Å². The van der Waals surface area contributed by atoms with Crippen LogP contribution in [0.5, 0.6) is 0 Å². The Labute approximate surface area is 115 Å². The molecule has 1 fully saturated rings. The second kappa shape index (κ2) is 8.92. The molecule has 1 aliphatic carbocycles. The van der Waals surface area contributed by atoms with Crippen molar-refractivity contribution in [2.24, 2.45) is 5.41 Å². The van der Waals surface area contributed by atoms with Gasteiger partial charge < -0.3 is 10.2 Å². The Morgan fingerprint density at radius 2 is 1.67 bits per heavy atom. The molecule has 1 aliphatic rings. The number of hydrogen-bond donors (Lipinski definition) is 1. The molecule has 108 valence electrons. The number of nitrogens with one attached hydrogen (secondary N) is 1. The lowest BCUT2D eigenvalue weighted by atomic mass is 9.79. The third-order valence-electron chi connectivity index (χ3n) is 4.46. The molecule has 1 saturated carbocycles. The molecule has 0 amide bonds. The molecule has 0 spiro atoms. The first-order valence-electron chi connectivity index (χ1n) is 8.19. The van der Waals surface area contributed by atoms with Gasteiger partial charge in [-0.25, -0.2) is 0 Å². The van der Waals surface area contributed by atoms with E-state index in [0.717, 1.165) is 6.54 Å². The lowest BCUT2D eigenvalue weighted by Crippen LogP contribution is -2.44. The molecule has 0 saturated heterocycles. The summed E-state index contributed by atoms with van der Waals surface area (Å²) >= 11 is 0. The molecule has 1 rings (SSSR count). The Hall–Kier alpha value is -0.0800. The highest BCUT2D eigenvalue weighted by molar-refractivity contribution is 4.86. The molecule has 0 aromatic heterocycles. The fourth-order valence-corrected chi connectivity index (χ4v) is 3.40. The van der Waals surface area contributed by atoms with Crippen molar-refractivity contribution in [3.8, 4) is 0 Å². The van der Waals surface area contributed by atoms with E-state index >= 15 is 0 Å². The van der Waals surface area contributed by atoms with Crippen molar-refractivity contribution in [3.05, 3.63) is 0 Å². The highest BCUT2D eigenvalue weighted by Gasteiger charge is 2.31. The summed E-state index contributed by atoms with van der Waals surface area (Å²) in [6.07, 6.45) is 9.93. The van der Waals surface area contributed by atoms with E-state index < -0.39 is 0 Å². The zero-order chi connectivity index (χ0) is 13.3. The average Bonchev–Trinajstić information content (AvgIpc) is 2.62. The van der Waals surface area contributed by atoms with E-state index in [2.05, 4.69) is 31.0 Å². The van der Waals surface area contributed by atoms with Crippen LogP contribution in [0.4, 0.5) is 0 Å². The van der Waals surface area contributed by atoms with Crippen molar-refractivity contribution in [1.82, 2.24) is 10.2 Å². The van der Waals surface area contributed by atoms with Gasteiger partial charge in [0.05, 0.1) is 0 Å². The first-order chi connectivity index (χ1) is 8.76. The standard InChI is InChI=1S/C16H34N2/c1-4-13-18(6-3)15-16(14-17-5-2)11-9-7-8-10-12-16/h17H,4-15H2,1-3H3. The summed E-state index contributed by atoms with van der Waals surface area (Å²) in [5.74, 6) is 0. The van der Waals surface area contributed by atoms with Gasteiger partial charge in [0.2, 0.25) is 0 Å². The Morgan fingerprint density at radius 1 is 1.00 bits per heavy atom. The average molecular weight is 254 g/mol. The minimum atomic E-state index is 0.553. The molecule has 0 aromatic rings. The van der Waals surface area contributed by atoms with E-state index in [1.54, 1.807) is 0 Å². The van der Waals surface area contributed by atoms with E-state index in [0.29, 0.717) is 5.41 Å². The van der Waals surface area contributed by atoms with Gasteiger partial charge in [0.1, 0.15) is 0 Å². The van der Waals surface area contributed by atoms with E-state index in [-0.39, 0.29) is 0 Å². The minimum absolute atomic E-state index is 0.553. The highest BCUT2D eigenvalue weighted by atomic mass is 15.1. The van der Waals surface area contributed by atoms with Crippen LogP contribution in [0.25, 0.3) is 0 Å². The van der Waals surface area contributed by atoms with Gasteiger partial charge in [-0.15, -0.1) is 0 Å². The summed E-state index contributed by atoms with van der Waals surface area (Å²) in [5.41, 5.74) is 0.553. The molecule has 0 aromatic carbocycles. The van der Waals surface area contributed by atoms with Crippen molar-refractivity contribution in [2.75, 3.05) is 32.7 Å². The van der Waals surface area contributed by atoms with E-state index in [4.69, 9.17) is 0 Å². The van der Waals surface area contributed by atoms with Crippen LogP contribution < -0.4 is 5.32 Å². The maximum Gasteiger partial charge on any atom is 0.00500 e. The van der Waals surface area contributed by atoms with Gasteiger partial charge in [-0.3, -0.25) is 0 Å². The number of nitrogens with zero attached hydrogens (tertiary/aromatic N) is 1. The van der Waals surface area contributed by atoms with Crippen molar-refractivity contribution in [2.45, 2.75) is 65.7 Å². The van der Waals surface area contributed by atoms with Crippen LogP contribution in [0.2, 0.25) is 0 Å². The van der Waals surface area contributed by atoms with Gasteiger partial charge in [-0.05, 0) is 44.3 Å². The molecule has 0 radical (unpaired) electrons. The van der Waals surface area contributed by atoms with Crippen LogP contribution in [0.15, 0.2) is 0 Å². The second-order valence-corrected chi connectivity index (χ2v) is 6.06. The highest BCUT2D eigenvalue weighted by Crippen LogP contribution is 2.35. The number of rotatable bonds is 8. The van der Waals surface area contributed by atoms with Crippen LogP contribution >= 0.6 is 0 Å². The second-order valence-electron chi connectivity index (χ2n) is 6.06. The van der Waals surface area contributed by atoms with Crippen LogP contribution in [-0.2, 0) is 0 Å². The zero-order valence-electron chi connectivity index (χ0n) is 12.9. The Morgan fingerprint density at radius 3 is 2.17 bits per heavy atom. The van der Waals surface area contributed by atoms with Crippen LogP contribution in [0, 0.1) is 5.41 Å². The lowest BCUT2D eigenvalue weighted by molar-refractivity contribution is 0.131. The molecule has 2 heteroatoms. The fraction of sp³-hybridized carbons (Fsp3) is 1.00. The third-order valence-corrected chi connectivity index (χ3v) is 4.46. The van der Waals surface area contributed by atoms with Crippen molar-refractivity contribution >= 4 is 0 Å². The first-order valence-corrected chi connectivity index (χ1v) is 8.19. The predicted molar refractivity (Wildman–Crippen MR) is 81.1 cm³/mol. The normalized spacial score (nSPS) is 20.0. The molecule has 1 N–H and O–H groups in total. The maximum absolute atomic E-state index is 3.63. The predicted octanol–water partition coefficient (Wildman–Crippen LogP) is 3.67. The summed E-state index contributed by atoms with van der Waals surface area (Å²) in [6.45, 7) is 13.0. The van der Waals surface area contributed by atoms with Gasteiger partial charge in [-0.2, -0.15) is 0 Å². The Kier molecular flexibility index (Phi) is 7.92. The fourth-order valence-electron chi connectivity index (χ4n) is 3.40. The molecular formula is C16H34N2. The molecule has 0 aliphatic heterocycles. The zero-order valence-corrected chi connectivity index (χ0v) is 12.9. The maximum atomic E-state index is 3.63. The smallest absolute Gasteiger partial charge is 0.00500 e. The van der Waals surface area contributed by atoms with E-state index in [9.17, 15) is 0 Å². The van der Waals surface area contributed by atoms with Gasteiger partial charge in [0.25, 0.3) is 0 Å². The first kappa shape index (κ1) is 16.0. The minimum Gasteiger partial charge on any atom is -0.316 e. The molecule has 2 nitrogen and oxygen atoms in total. The summed E-state index contributed by atoms with van der Waals surface area (Å²) in [7, 11) is 0. The molecule has 0 atom stereocenters. The largest absolute Gasteiger partial charge is 0.316 e. The van der Waals surface area contributed by atoms with Crippen molar-refractivity contribution in [1.29, 1.82) is 0 Å². The van der Waals surface area contributed by atoms with Gasteiger partial charge in [0, 0.05) is 13.1 Å². The molecule has 18 heavy (non-hydrogen) atoms. The molecular weight excluding hydrogens is 220 g/mol. The monoisotopic (exact) mass is 254 g/mol. The number of hydrogen-bond acceptors (Lipinski definition) is 2. The SMILES string of the molecule is CCCN(CC)CC1(CNCC)CCCCCC1. The van der Waals surface area contributed by atoms with Crippen molar-refractivity contribution < 1.29 is 0 Å². The summed E-state index contributed by atoms with van der Waals surface area (Å²) < 4.78 is 0. The van der Waals surface area contributed by atoms with Gasteiger partial charge >= 0.3 is 0 Å². The molecule has 0 bridgehead atoms. The lowest BCUT2D eigenvalue weighted by Gasteiger charge is -2.38. The van der Waals surface area contributed by atoms with E-state index in [1.807, 2.05) is 0 Å². The molecule has 0 heterocycles. The summed E-state index contributed by atoms with van der Waals surface area (Å²) in [4.78, 5) is 2.67. The Bertz CT molecular complexity index is 195. The van der Waals surface area contributed by atoms with Crippen LogP contribution in [-0.4, -0.2) is 37.6 Å². The third kappa shape index (κ3) is 5.27. The quantitative estimate of drug-likeness (QED) is 0.665. The van der Waals surface area contributed by atoms with Crippen molar-refractivity contribution in [3.63, 3.8) is 0 Å².